The molecule has 3 rings (SSSR count). The fourth-order valence-electron chi connectivity index (χ4n) is 1.89. The van der Waals surface area contributed by atoms with Crippen LogP contribution in [0.5, 0.6) is 0 Å². The molecule has 0 radical (unpaired) electrons. The maximum Gasteiger partial charge on any atom is 0.0488 e. The first-order chi connectivity index (χ1) is 5.95. The summed E-state index contributed by atoms with van der Waals surface area (Å²) in [5, 5.41) is 0. The quantitative estimate of drug-likeness (QED) is 0.515. The molecule has 0 atom stereocenters. The van der Waals surface area contributed by atoms with Gasteiger partial charge in [-0.3, -0.25) is 0 Å². The summed E-state index contributed by atoms with van der Waals surface area (Å²) in [5.41, 5.74) is 4.18. The molecule has 0 saturated heterocycles. The Morgan fingerprint density at radius 3 is 2.77 bits per heavy atom. The molecule has 0 aliphatic carbocycles. The number of rotatable bonds is 0. The summed E-state index contributed by atoms with van der Waals surface area (Å²) in [6, 6.07) is 12.8. The number of aromatic nitrogens is 1. The van der Waals surface area contributed by atoms with Gasteiger partial charge in [0.25, 0.3) is 0 Å². The van der Waals surface area contributed by atoms with Crippen molar-refractivity contribution in [1.82, 2.24) is 4.57 Å². The van der Waals surface area contributed by atoms with Crippen LogP contribution in [0.4, 0.5) is 0 Å². The molecule has 2 heterocycles. The summed E-state index contributed by atoms with van der Waals surface area (Å²) in [4.78, 5) is 0. The molecule has 1 nitrogen and oxygen atoms in total. The largest absolute Gasteiger partial charge is 0.320 e. The maximum absolute atomic E-state index is 2.26. The van der Waals surface area contributed by atoms with Crippen LogP contribution in [-0.4, -0.2) is 4.57 Å². The highest BCUT2D eigenvalue weighted by molar-refractivity contribution is 5.85. The van der Waals surface area contributed by atoms with Crippen LogP contribution >= 0.6 is 12.4 Å². The molecule has 1 aliphatic heterocycles. The molecule has 0 amide bonds. The highest BCUT2D eigenvalue weighted by atomic mass is 35.5. The monoisotopic (exact) mass is 191 g/mol. The van der Waals surface area contributed by atoms with Gasteiger partial charge in [-0.2, -0.15) is 0 Å². The molecule has 13 heavy (non-hydrogen) atoms. The number of hydrogen-bond donors (Lipinski definition) is 0. The van der Waals surface area contributed by atoms with Gasteiger partial charge in [0, 0.05) is 24.0 Å². The lowest BCUT2D eigenvalue weighted by Crippen LogP contribution is -1.87. The zero-order valence-electron chi connectivity index (χ0n) is 7.10. The summed E-state index contributed by atoms with van der Waals surface area (Å²) >= 11 is 0. The second kappa shape index (κ2) is 2.93. The first-order valence-corrected chi connectivity index (χ1v) is 4.20. The van der Waals surface area contributed by atoms with Gasteiger partial charge in [-0.05, 0) is 23.8 Å². The number of hydrogen-bond acceptors (Lipinski definition) is 0. The molecule has 1 aromatic heterocycles. The molecule has 0 fully saturated rings. The van der Waals surface area contributed by atoms with Crippen molar-refractivity contribution in [3.05, 3.63) is 53.9 Å². The Morgan fingerprint density at radius 1 is 1.00 bits per heavy atom. The maximum atomic E-state index is 2.26. The third-order valence-corrected chi connectivity index (χ3v) is 2.46. The molecular weight excluding hydrogens is 182 g/mol. The Labute approximate surface area is 83.4 Å². The van der Waals surface area contributed by atoms with Gasteiger partial charge in [0.15, 0.2) is 0 Å². The smallest absolute Gasteiger partial charge is 0.0488 e. The van der Waals surface area contributed by atoms with Crippen LogP contribution in [0.1, 0.15) is 11.3 Å². The summed E-state index contributed by atoms with van der Waals surface area (Å²) in [6.45, 7) is 0. The molecule has 0 N–H and O–H groups in total. The molecule has 0 bridgehead atoms. The lowest BCUT2D eigenvalue weighted by molar-refractivity contribution is 1.05. The van der Waals surface area contributed by atoms with Crippen LogP contribution < -0.4 is 0 Å². The Balaban J connectivity index is 0.000000653. The van der Waals surface area contributed by atoms with Crippen LogP contribution in [0, 0.1) is 0 Å². The van der Waals surface area contributed by atoms with Crippen molar-refractivity contribution in [2.75, 3.05) is 0 Å². The van der Waals surface area contributed by atoms with Gasteiger partial charge < -0.3 is 4.57 Å². The van der Waals surface area contributed by atoms with E-state index in [0.29, 0.717) is 0 Å². The fourth-order valence-corrected chi connectivity index (χ4v) is 1.89. The molecule has 66 valence electrons. The zero-order valence-corrected chi connectivity index (χ0v) is 7.92. The van der Waals surface area contributed by atoms with Crippen LogP contribution in [0.3, 0.4) is 0 Å². The van der Waals surface area contributed by atoms with E-state index in [1.54, 1.807) is 0 Å². The summed E-state index contributed by atoms with van der Waals surface area (Å²) in [6.07, 6.45) is 3.21. The van der Waals surface area contributed by atoms with E-state index in [0.717, 1.165) is 6.42 Å². The topological polar surface area (TPSA) is 4.93 Å². The number of nitrogens with zero attached hydrogens (tertiary/aromatic N) is 1. The van der Waals surface area contributed by atoms with Gasteiger partial charge in [0.2, 0.25) is 0 Å². The second-order valence-electron chi connectivity index (χ2n) is 3.18. The van der Waals surface area contributed by atoms with Crippen molar-refractivity contribution in [2.24, 2.45) is 0 Å². The van der Waals surface area contributed by atoms with Crippen LogP contribution in [0.15, 0.2) is 42.6 Å². The Hall–Kier alpha value is -1.21. The third kappa shape index (κ3) is 1.08. The van der Waals surface area contributed by atoms with Gasteiger partial charge >= 0.3 is 0 Å². The van der Waals surface area contributed by atoms with E-state index in [9.17, 15) is 0 Å². The third-order valence-electron chi connectivity index (χ3n) is 2.46. The molecule has 2 heteroatoms. The number of para-hydroxylation sites is 1. The SMILES string of the molecule is Cl.c1ccc2c(c1)Cc1cccn1-2. The van der Waals surface area contributed by atoms with E-state index in [2.05, 4.69) is 47.2 Å². The lowest BCUT2D eigenvalue weighted by Gasteiger charge is -1.99. The van der Waals surface area contributed by atoms with Crippen molar-refractivity contribution < 1.29 is 0 Å². The standard InChI is InChI=1S/C11H9N.ClH/c1-2-6-11-9(4-1)8-10-5-3-7-12(10)11;/h1-7H,8H2;1H. The number of fused-ring (bicyclic) bond motifs is 3. The van der Waals surface area contributed by atoms with Crippen LogP contribution in [-0.2, 0) is 6.42 Å². The summed E-state index contributed by atoms with van der Waals surface area (Å²) < 4.78 is 2.26. The first-order valence-electron chi connectivity index (χ1n) is 4.20. The van der Waals surface area contributed by atoms with Crippen molar-refractivity contribution in [2.45, 2.75) is 6.42 Å². The lowest BCUT2D eigenvalue weighted by atomic mass is 10.1. The normalized spacial score (nSPS) is 11.7. The minimum absolute atomic E-state index is 0. The molecule has 1 aromatic carbocycles. The van der Waals surface area contributed by atoms with Crippen molar-refractivity contribution in [1.29, 1.82) is 0 Å². The Morgan fingerprint density at radius 2 is 1.85 bits per heavy atom. The summed E-state index contributed by atoms with van der Waals surface area (Å²) in [5.74, 6) is 0. The van der Waals surface area contributed by atoms with Gasteiger partial charge in [-0.25, -0.2) is 0 Å². The molecule has 0 spiro atoms. The van der Waals surface area contributed by atoms with Crippen molar-refractivity contribution in [3.8, 4) is 5.69 Å². The van der Waals surface area contributed by atoms with Crippen molar-refractivity contribution >= 4 is 12.4 Å². The molecule has 0 saturated carbocycles. The molecular formula is C11H10ClN. The summed E-state index contributed by atoms with van der Waals surface area (Å²) in [7, 11) is 0. The highest BCUT2D eigenvalue weighted by Crippen LogP contribution is 2.26. The molecule has 1 aliphatic rings. The van der Waals surface area contributed by atoms with Gasteiger partial charge in [-0.1, -0.05) is 18.2 Å². The van der Waals surface area contributed by atoms with Crippen molar-refractivity contribution in [3.63, 3.8) is 0 Å². The van der Waals surface area contributed by atoms with E-state index in [-0.39, 0.29) is 12.4 Å². The fraction of sp³-hybridized carbons (Fsp3) is 0.0909. The first kappa shape index (κ1) is 8.39. The predicted molar refractivity (Wildman–Crippen MR) is 55.8 cm³/mol. The number of halogens is 1. The molecule has 2 aromatic rings. The minimum atomic E-state index is 0. The van der Waals surface area contributed by atoms with E-state index in [1.807, 2.05) is 0 Å². The average molecular weight is 192 g/mol. The van der Waals surface area contributed by atoms with E-state index in [1.165, 1.54) is 16.9 Å². The van der Waals surface area contributed by atoms with Gasteiger partial charge in [-0.15, -0.1) is 12.4 Å². The predicted octanol–water partition coefficient (Wildman–Crippen LogP) is 2.80. The zero-order chi connectivity index (χ0) is 7.97. The number of benzene rings is 1. The Bertz CT molecular complexity index is 431. The highest BCUT2D eigenvalue weighted by Gasteiger charge is 2.15. The van der Waals surface area contributed by atoms with Gasteiger partial charge in [0.05, 0.1) is 0 Å². The minimum Gasteiger partial charge on any atom is -0.320 e. The Kier molecular flexibility index (Phi) is 1.89. The average Bonchev–Trinajstić information content (AvgIpc) is 2.62. The van der Waals surface area contributed by atoms with E-state index < -0.39 is 0 Å². The molecule has 0 unspecified atom stereocenters. The van der Waals surface area contributed by atoms with E-state index in [4.69, 9.17) is 0 Å². The van der Waals surface area contributed by atoms with Crippen LogP contribution in [0.2, 0.25) is 0 Å². The van der Waals surface area contributed by atoms with Gasteiger partial charge in [0.1, 0.15) is 0 Å². The second-order valence-corrected chi connectivity index (χ2v) is 3.18. The van der Waals surface area contributed by atoms with Crippen LogP contribution in [0.25, 0.3) is 5.69 Å². The van der Waals surface area contributed by atoms with E-state index >= 15 is 0 Å².